The Morgan fingerprint density at radius 3 is 2.68 bits per heavy atom. The van der Waals surface area contributed by atoms with Crippen LogP contribution in [0.4, 0.5) is 5.69 Å². The molecule has 1 atom stereocenters. The number of hydrogen-bond acceptors (Lipinski definition) is 6. The maximum atomic E-state index is 11.9. The van der Waals surface area contributed by atoms with Crippen molar-refractivity contribution < 1.29 is 28.6 Å². The summed E-state index contributed by atoms with van der Waals surface area (Å²) < 4.78 is 15.7. The maximum absolute atomic E-state index is 11.9. The third-order valence-electron chi connectivity index (χ3n) is 3.64. The number of rotatable bonds is 5. The van der Waals surface area contributed by atoms with Gasteiger partial charge in [0.15, 0.2) is 11.5 Å². The van der Waals surface area contributed by atoms with Crippen LogP contribution in [-0.4, -0.2) is 36.7 Å². The first kappa shape index (κ1) is 16.8. The van der Waals surface area contributed by atoms with Crippen molar-refractivity contribution in [2.45, 2.75) is 12.5 Å². The van der Waals surface area contributed by atoms with Crippen LogP contribution in [0.3, 0.4) is 0 Å². The van der Waals surface area contributed by atoms with Gasteiger partial charge in [0.2, 0.25) is 0 Å². The summed E-state index contributed by atoms with van der Waals surface area (Å²) >= 11 is 0. The molecule has 2 aromatic rings. The highest BCUT2D eigenvalue weighted by atomic mass is 16.6. The summed E-state index contributed by atoms with van der Waals surface area (Å²) in [4.78, 5) is 23.7. The van der Waals surface area contributed by atoms with Crippen LogP contribution in [0.5, 0.6) is 11.5 Å². The monoisotopic (exact) mass is 346 g/mol. The number of anilines is 1. The van der Waals surface area contributed by atoms with Crippen molar-refractivity contribution in [1.29, 1.82) is 0 Å². The topological polar surface area (TPSA) is 110 Å². The summed E-state index contributed by atoms with van der Waals surface area (Å²) in [7, 11) is 0. The molecule has 2 heterocycles. The Hall–Kier alpha value is -3.00. The van der Waals surface area contributed by atoms with Crippen molar-refractivity contribution in [2.75, 3.05) is 25.1 Å². The maximum Gasteiger partial charge on any atom is 0.313 e. The second-order valence-corrected chi connectivity index (χ2v) is 5.43. The van der Waals surface area contributed by atoms with E-state index in [-0.39, 0.29) is 13.0 Å². The fraction of sp³-hybridized carbons (Fsp3) is 0.294. The minimum atomic E-state index is -0.797. The summed E-state index contributed by atoms with van der Waals surface area (Å²) in [6, 6.07) is 6.54. The molecule has 2 amide bonds. The van der Waals surface area contributed by atoms with E-state index in [1.807, 2.05) is 0 Å². The second kappa shape index (κ2) is 7.71. The lowest BCUT2D eigenvalue weighted by atomic mass is 10.1. The number of aliphatic hydroxyl groups excluding tert-OH is 1. The predicted octanol–water partition coefficient (Wildman–Crippen LogP) is 1.23. The zero-order valence-electron chi connectivity index (χ0n) is 13.4. The van der Waals surface area contributed by atoms with Crippen LogP contribution in [0, 0.1) is 0 Å². The molecule has 0 saturated heterocycles. The van der Waals surface area contributed by atoms with E-state index in [1.165, 1.54) is 12.5 Å². The van der Waals surface area contributed by atoms with Crippen molar-refractivity contribution in [3.05, 3.63) is 42.4 Å². The summed E-state index contributed by atoms with van der Waals surface area (Å²) in [5.74, 6) is -0.460. The van der Waals surface area contributed by atoms with Gasteiger partial charge in [-0.05, 0) is 24.6 Å². The third kappa shape index (κ3) is 4.30. The number of hydrogen-bond donors (Lipinski definition) is 3. The average Bonchev–Trinajstić information content (AvgIpc) is 3.16. The lowest BCUT2D eigenvalue weighted by Crippen LogP contribution is -2.36. The molecule has 132 valence electrons. The van der Waals surface area contributed by atoms with Gasteiger partial charge in [-0.15, -0.1) is 0 Å². The molecule has 25 heavy (non-hydrogen) atoms. The number of carbonyl (C=O) groups is 2. The zero-order valence-corrected chi connectivity index (χ0v) is 13.4. The van der Waals surface area contributed by atoms with Crippen molar-refractivity contribution in [3.8, 4) is 11.5 Å². The van der Waals surface area contributed by atoms with E-state index < -0.39 is 17.9 Å². The van der Waals surface area contributed by atoms with Crippen LogP contribution in [0.25, 0.3) is 0 Å². The Balaban J connectivity index is 1.47. The SMILES string of the molecule is O=C(NCC[C@H](O)c1ccoc1)C(=O)Nc1ccc2c(c1)OCCO2. The molecule has 0 spiro atoms. The van der Waals surface area contributed by atoms with Crippen LogP contribution in [0.2, 0.25) is 0 Å². The normalized spacial score (nSPS) is 13.8. The Morgan fingerprint density at radius 1 is 1.12 bits per heavy atom. The van der Waals surface area contributed by atoms with E-state index in [1.54, 1.807) is 24.3 Å². The molecule has 1 aliphatic rings. The molecule has 8 nitrogen and oxygen atoms in total. The summed E-state index contributed by atoms with van der Waals surface area (Å²) in [5, 5.41) is 14.8. The zero-order chi connectivity index (χ0) is 17.6. The molecule has 0 bridgehead atoms. The van der Waals surface area contributed by atoms with Gasteiger partial charge in [-0.3, -0.25) is 9.59 Å². The first-order valence-electron chi connectivity index (χ1n) is 7.82. The number of carbonyl (C=O) groups excluding carboxylic acids is 2. The fourth-order valence-electron chi connectivity index (χ4n) is 2.34. The van der Waals surface area contributed by atoms with E-state index in [0.717, 1.165) is 0 Å². The van der Waals surface area contributed by atoms with Gasteiger partial charge in [-0.2, -0.15) is 0 Å². The Kier molecular flexibility index (Phi) is 5.20. The molecule has 0 unspecified atom stereocenters. The first-order valence-corrected chi connectivity index (χ1v) is 7.82. The molecule has 0 radical (unpaired) electrons. The van der Waals surface area contributed by atoms with Crippen LogP contribution >= 0.6 is 0 Å². The third-order valence-corrected chi connectivity index (χ3v) is 3.64. The molecular weight excluding hydrogens is 328 g/mol. The van der Waals surface area contributed by atoms with Gasteiger partial charge in [-0.25, -0.2) is 0 Å². The fourth-order valence-corrected chi connectivity index (χ4v) is 2.34. The number of fused-ring (bicyclic) bond motifs is 1. The standard InChI is InChI=1S/C17H18N2O6/c20-13(11-4-6-23-10-11)3-5-18-16(21)17(22)19-12-1-2-14-15(9-12)25-8-7-24-14/h1-2,4,6,9-10,13,20H,3,5,7-8H2,(H,18,21)(H,19,22)/t13-/m0/s1. The van der Waals surface area contributed by atoms with E-state index in [2.05, 4.69) is 10.6 Å². The predicted molar refractivity (Wildman–Crippen MR) is 87.4 cm³/mol. The molecule has 1 aliphatic heterocycles. The minimum absolute atomic E-state index is 0.153. The summed E-state index contributed by atoms with van der Waals surface area (Å²) in [6.07, 6.45) is 2.39. The van der Waals surface area contributed by atoms with Crippen molar-refractivity contribution in [1.82, 2.24) is 5.32 Å². The number of furan rings is 1. The largest absolute Gasteiger partial charge is 0.486 e. The Morgan fingerprint density at radius 2 is 1.92 bits per heavy atom. The van der Waals surface area contributed by atoms with Crippen molar-refractivity contribution in [2.24, 2.45) is 0 Å². The molecule has 0 aliphatic carbocycles. The lowest BCUT2D eigenvalue weighted by molar-refractivity contribution is -0.136. The summed E-state index contributed by atoms with van der Waals surface area (Å²) in [5.41, 5.74) is 1.05. The average molecular weight is 346 g/mol. The van der Waals surface area contributed by atoms with Gasteiger partial charge >= 0.3 is 11.8 Å². The van der Waals surface area contributed by atoms with E-state index in [9.17, 15) is 14.7 Å². The number of ether oxygens (including phenoxy) is 2. The molecule has 8 heteroatoms. The van der Waals surface area contributed by atoms with Crippen LogP contribution < -0.4 is 20.1 Å². The van der Waals surface area contributed by atoms with Crippen molar-refractivity contribution in [3.63, 3.8) is 0 Å². The molecule has 0 fully saturated rings. The number of amides is 2. The van der Waals surface area contributed by atoms with Crippen LogP contribution in [0.1, 0.15) is 18.1 Å². The molecular formula is C17H18N2O6. The van der Waals surface area contributed by atoms with Gasteiger partial charge in [0.25, 0.3) is 0 Å². The van der Waals surface area contributed by atoms with E-state index >= 15 is 0 Å². The number of benzene rings is 1. The van der Waals surface area contributed by atoms with Gasteiger partial charge in [0.1, 0.15) is 13.2 Å². The number of nitrogens with one attached hydrogen (secondary N) is 2. The number of aliphatic hydroxyl groups is 1. The van der Waals surface area contributed by atoms with Gasteiger partial charge in [-0.1, -0.05) is 0 Å². The smallest absolute Gasteiger partial charge is 0.313 e. The van der Waals surface area contributed by atoms with E-state index in [4.69, 9.17) is 13.9 Å². The second-order valence-electron chi connectivity index (χ2n) is 5.43. The molecule has 3 N–H and O–H groups in total. The highest BCUT2D eigenvalue weighted by Gasteiger charge is 2.17. The highest BCUT2D eigenvalue weighted by molar-refractivity contribution is 6.39. The van der Waals surface area contributed by atoms with Crippen LogP contribution in [0.15, 0.2) is 41.2 Å². The van der Waals surface area contributed by atoms with Gasteiger partial charge < -0.3 is 29.6 Å². The van der Waals surface area contributed by atoms with Crippen LogP contribution in [-0.2, 0) is 9.59 Å². The Labute approximate surface area is 143 Å². The Bertz CT molecular complexity index is 744. The lowest BCUT2D eigenvalue weighted by Gasteiger charge is -2.18. The minimum Gasteiger partial charge on any atom is -0.486 e. The van der Waals surface area contributed by atoms with Gasteiger partial charge in [0.05, 0.1) is 18.6 Å². The quantitative estimate of drug-likeness (QED) is 0.703. The first-order chi connectivity index (χ1) is 12.1. The van der Waals surface area contributed by atoms with Crippen molar-refractivity contribution >= 4 is 17.5 Å². The summed E-state index contributed by atoms with van der Waals surface area (Å²) in [6.45, 7) is 1.06. The molecule has 1 aromatic carbocycles. The van der Waals surface area contributed by atoms with Gasteiger partial charge in [0, 0.05) is 23.9 Å². The molecule has 3 rings (SSSR count). The molecule has 1 aromatic heterocycles. The molecule has 0 saturated carbocycles. The highest BCUT2D eigenvalue weighted by Crippen LogP contribution is 2.32. The van der Waals surface area contributed by atoms with E-state index in [0.29, 0.717) is 36.0 Å².